The fourth-order valence-electron chi connectivity index (χ4n) is 1.79. The number of halogens is 3. The molecule has 0 atom stereocenters. The molecule has 0 unspecified atom stereocenters. The van der Waals surface area contributed by atoms with E-state index in [1.165, 1.54) is 12.1 Å². The third-order valence-electron chi connectivity index (χ3n) is 2.63. The molecule has 0 aliphatic carbocycles. The van der Waals surface area contributed by atoms with Gasteiger partial charge in [0.05, 0.1) is 11.0 Å². The largest absolute Gasteiger partial charge is 0.338 e. The Bertz CT molecular complexity index is 737. The van der Waals surface area contributed by atoms with Crippen molar-refractivity contribution in [2.75, 3.05) is 0 Å². The molecule has 2 aromatic carbocycles. The van der Waals surface area contributed by atoms with Crippen LogP contribution in [0.5, 0.6) is 0 Å². The Labute approximate surface area is 119 Å². The SMILES string of the molecule is Fc1ccc2nc(-c3cc(Br)ccc3Br)[nH]c2c1. The quantitative estimate of drug-likeness (QED) is 0.649. The predicted octanol–water partition coefficient (Wildman–Crippen LogP) is 4.89. The molecular weight excluding hydrogens is 363 g/mol. The fraction of sp³-hybridized carbons (Fsp3) is 0. The number of rotatable bonds is 1. The highest BCUT2D eigenvalue weighted by atomic mass is 79.9. The van der Waals surface area contributed by atoms with Crippen molar-refractivity contribution in [2.45, 2.75) is 0 Å². The van der Waals surface area contributed by atoms with Crippen molar-refractivity contribution < 1.29 is 4.39 Å². The first kappa shape index (κ1) is 11.9. The molecule has 3 aromatic rings. The Morgan fingerprint density at radius 2 is 1.89 bits per heavy atom. The standard InChI is InChI=1S/C13H7Br2FN2/c14-7-1-3-10(15)9(5-7)13-17-11-4-2-8(16)6-12(11)18-13/h1-6H,(H,17,18). The second kappa shape index (κ2) is 4.48. The lowest BCUT2D eigenvalue weighted by Gasteiger charge is -2.01. The van der Waals surface area contributed by atoms with Crippen LogP contribution in [0.3, 0.4) is 0 Å². The zero-order valence-corrected chi connectivity index (χ0v) is 12.2. The van der Waals surface area contributed by atoms with Gasteiger partial charge < -0.3 is 4.98 Å². The normalized spacial score (nSPS) is 11.1. The molecule has 3 rings (SSSR count). The van der Waals surface area contributed by atoms with Gasteiger partial charge in [0.2, 0.25) is 0 Å². The molecule has 0 radical (unpaired) electrons. The predicted molar refractivity (Wildman–Crippen MR) is 76.9 cm³/mol. The van der Waals surface area contributed by atoms with Crippen molar-refractivity contribution in [3.63, 3.8) is 0 Å². The van der Waals surface area contributed by atoms with Crippen LogP contribution in [0.4, 0.5) is 4.39 Å². The first-order valence-electron chi connectivity index (χ1n) is 5.24. The van der Waals surface area contributed by atoms with Crippen molar-refractivity contribution in [3.05, 3.63) is 51.2 Å². The van der Waals surface area contributed by atoms with E-state index >= 15 is 0 Å². The Hall–Kier alpha value is -1.20. The molecule has 90 valence electrons. The average molecular weight is 370 g/mol. The van der Waals surface area contributed by atoms with Gasteiger partial charge in [-0.05, 0) is 36.4 Å². The molecule has 0 saturated heterocycles. The molecule has 5 heteroatoms. The van der Waals surface area contributed by atoms with E-state index in [1.807, 2.05) is 18.2 Å². The minimum Gasteiger partial charge on any atom is -0.338 e. The van der Waals surface area contributed by atoms with Crippen LogP contribution < -0.4 is 0 Å². The van der Waals surface area contributed by atoms with Gasteiger partial charge in [0.1, 0.15) is 11.6 Å². The Morgan fingerprint density at radius 1 is 1.06 bits per heavy atom. The summed E-state index contributed by atoms with van der Waals surface area (Å²) in [6, 6.07) is 10.3. The maximum absolute atomic E-state index is 13.1. The zero-order chi connectivity index (χ0) is 12.7. The van der Waals surface area contributed by atoms with Crippen LogP contribution >= 0.6 is 31.9 Å². The molecule has 1 heterocycles. The Morgan fingerprint density at radius 3 is 2.72 bits per heavy atom. The fourth-order valence-corrected chi connectivity index (χ4v) is 2.58. The average Bonchev–Trinajstić information content (AvgIpc) is 2.74. The minimum atomic E-state index is -0.272. The highest BCUT2D eigenvalue weighted by molar-refractivity contribution is 9.11. The summed E-state index contributed by atoms with van der Waals surface area (Å²) in [5.74, 6) is 0.440. The van der Waals surface area contributed by atoms with Crippen LogP contribution in [0.1, 0.15) is 0 Å². The summed E-state index contributed by atoms with van der Waals surface area (Å²) in [6.45, 7) is 0. The number of nitrogens with one attached hydrogen (secondary N) is 1. The summed E-state index contributed by atoms with van der Waals surface area (Å²) >= 11 is 6.91. The van der Waals surface area contributed by atoms with Crippen LogP contribution in [0, 0.1) is 5.82 Å². The first-order valence-corrected chi connectivity index (χ1v) is 6.83. The van der Waals surface area contributed by atoms with E-state index in [0.717, 1.165) is 20.0 Å². The highest BCUT2D eigenvalue weighted by Gasteiger charge is 2.09. The van der Waals surface area contributed by atoms with Crippen LogP contribution in [0.15, 0.2) is 45.3 Å². The van der Waals surface area contributed by atoms with Crippen LogP contribution in [0.2, 0.25) is 0 Å². The molecule has 2 nitrogen and oxygen atoms in total. The first-order chi connectivity index (χ1) is 8.63. The number of imidazole rings is 1. The number of aromatic amines is 1. The third-order valence-corrected chi connectivity index (χ3v) is 3.81. The summed E-state index contributed by atoms with van der Waals surface area (Å²) < 4.78 is 15.0. The number of H-pyrrole nitrogens is 1. The number of benzene rings is 2. The van der Waals surface area contributed by atoms with E-state index in [0.29, 0.717) is 11.3 Å². The number of aromatic nitrogens is 2. The maximum Gasteiger partial charge on any atom is 0.139 e. The lowest BCUT2D eigenvalue weighted by atomic mass is 10.2. The summed E-state index contributed by atoms with van der Waals surface area (Å²) in [4.78, 5) is 7.57. The van der Waals surface area contributed by atoms with E-state index in [1.54, 1.807) is 6.07 Å². The second-order valence-corrected chi connectivity index (χ2v) is 5.64. The van der Waals surface area contributed by atoms with Gasteiger partial charge in [0.15, 0.2) is 0 Å². The third kappa shape index (κ3) is 2.08. The number of fused-ring (bicyclic) bond motifs is 1. The van der Waals surface area contributed by atoms with Gasteiger partial charge in [0, 0.05) is 14.5 Å². The van der Waals surface area contributed by atoms with Crippen molar-refractivity contribution >= 4 is 42.9 Å². The van der Waals surface area contributed by atoms with E-state index in [2.05, 4.69) is 41.8 Å². The summed E-state index contributed by atoms with van der Waals surface area (Å²) in [5.41, 5.74) is 2.37. The molecule has 0 bridgehead atoms. The van der Waals surface area contributed by atoms with E-state index in [-0.39, 0.29) is 5.82 Å². The highest BCUT2D eigenvalue weighted by Crippen LogP contribution is 2.30. The van der Waals surface area contributed by atoms with Gasteiger partial charge >= 0.3 is 0 Å². The minimum absolute atomic E-state index is 0.272. The molecule has 0 amide bonds. The molecule has 18 heavy (non-hydrogen) atoms. The monoisotopic (exact) mass is 368 g/mol. The van der Waals surface area contributed by atoms with Gasteiger partial charge in [-0.1, -0.05) is 31.9 Å². The number of nitrogens with zero attached hydrogens (tertiary/aromatic N) is 1. The van der Waals surface area contributed by atoms with Crippen LogP contribution in [-0.2, 0) is 0 Å². The van der Waals surface area contributed by atoms with Crippen molar-refractivity contribution in [2.24, 2.45) is 0 Å². The smallest absolute Gasteiger partial charge is 0.139 e. The summed E-state index contributed by atoms with van der Waals surface area (Å²) in [6.07, 6.45) is 0. The molecule has 1 N–H and O–H groups in total. The molecule has 0 saturated carbocycles. The van der Waals surface area contributed by atoms with E-state index < -0.39 is 0 Å². The van der Waals surface area contributed by atoms with Crippen LogP contribution in [-0.4, -0.2) is 9.97 Å². The molecule has 1 aromatic heterocycles. The van der Waals surface area contributed by atoms with Gasteiger partial charge in [-0.15, -0.1) is 0 Å². The number of hydrogen-bond donors (Lipinski definition) is 1. The summed E-state index contributed by atoms with van der Waals surface area (Å²) in [7, 11) is 0. The Balaban J connectivity index is 2.22. The van der Waals surface area contributed by atoms with E-state index in [9.17, 15) is 4.39 Å². The van der Waals surface area contributed by atoms with Gasteiger partial charge in [-0.25, -0.2) is 9.37 Å². The maximum atomic E-state index is 13.1. The van der Waals surface area contributed by atoms with Crippen molar-refractivity contribution in [1.29, 1.82) is 0 Å². The molecular formula is C13H7Br2FN2. The van der Waals surface area contributed by atoms with Gasteiger partial charge in [-0.3, -0.25) is 0 Å². The number of hydrogen-bond acceptors (Lipinski definition) is 1. The van der Waals surface area contributed by atoms with E-state index in [4.69, 9.17) is 0 Å². The van der Waals surface area contributed by atoms with Gasteiger partial charge in [0.25, 0.3) is 0 Å². The lowest BCUT2D eigenvalue weighted by Crippen LogP contribution is -1.82. The molecule has 0 fully saturated rings. The van der Waals surface area contributed by atoms with Gasteiger partial charge in [-0.2, -0.15) is 0 Å². The van der Waals surface area contributed by atoms with Crippen molar-refractivity contribution in [1.82, 2.24) is 9.97 Å². The van der Waals surface area contributed by atoms with Crippen molar-refractivity contribution in [3.8, 4) is 11.4 Å². The molecule has 0 aliphatic heterocycles. The Kier molecular flexibility index (Phi) is 2.95. The van der Waals surface area contributed by atoms with Crippen LogP contribution in [0.25, 0.3) is 22.4 Å². The zero-order valence-electron chi connectivity index (χ0n) is 9.05. The lowest BCUT2D eigenvalue weighted by molar-refractivity contribution is 0.629. The summed E-state index contributed by atoms with van der Waals surface area (Å²) in [5, 5.41) is 0. The second-order valence-electron chi connectivity index (χ2n) is 3.87. The topological polar surface area (TPSA) is 28.7 Å². The molecule has 0 spiro atoms. The molecule has 0 aliphatic rings.